The second-order valence-electron chi connectivity index (χ2n) is 4.75. The van der Waals surface area contributed by atoms with Crippen molar-refractivity contribution in [1.29, 1.82) is 0 Å². The van der Waals surface area contributed by atoms with Gasteiger partial charge in [-0.25, -0.2) is 0 Å². The zero-order chi connectivity index (χ0) is 12.8. The number of phenolic OH excluding ortho intramolecular Hbond substituents is 2. The molecule has 0 aliphatic carbocycles. The van der Waals surface area contributed by atoms with Crippen LogP contribution >= 0.6 is 0 Å². The van der Waals surface area contributed by atoms with E-state index < -0.39 is 0 Å². The lowest BCUT2D eigenvalue weighted by Crippen LogP contribution is -2.19. The number of rotatable bonds is 6. The van der Waals surface area contributed by atoms with Gasteiger partial charge in [0, 0.05) is 19.7 Å². The minimum atomic E-state index is 0.187. The molecular formula is C14H23NO2. The summed E-state index contributed by atoms with van der Waals surface area (Å²) in [6.45, 7) is 5.35. The second-order valence-corrected chi connectivity index (χ2v) is 4.75. The van der Waals surface area contributed by atoms with Crippen LogP contribution in [0, 0.1) is 5.92 Å². The van der Waals surface area contributed by atoms with Crippen molar-refractivity contribution in [2.24, 2.45) is 5.92 Å². The van der Waals surface area contributed by atoms with Crippen LogP contribution in [0.2, 0.25) is 0 Å². The highest BCUT2D eigenvalue weighted by molar-refractivity contribution is 5.60. The predicted octanol–water partition coefficient (Wildman–Crippen LogP) is 3.36. The van der Waals surface area contributed by atoms with Crippen LogP contribution < -0.4 is 4.90 Å². The molecule has 2 N–H and O–H groups in total. The molecule has 0 spiro atoms. The first-order chi connectivity index (χ1) is 8.04. The Balaban J connectivity index is 2.52. The Kier molecular flexibility index (Phi) is 5.13. The zero-order valence-corrected chi connectivity index (χ0v) is 11.0. The molecule has 3 heteroatoms. The van der Waals surface area contributed by atoms with Gasteiger partial charge in [-0.05, 0) is 30.9 Å². The van der Waals surface area contributed by atoms with E-state index >= 15 is 0 Å². The normalized spacial score (nSPS) is 12.4. The van der Waals surface area contributed by atoms with Crippen molar-refractivity contribution in [2.45, 2.75) is 33.1 Å². The lowest BCUT2D eigenvalue weighted by atomic mass is 10.0. The fourth-order valence-corrected chi connectivity index (χ4v) is 1.82. The van der Waals surface area contributed by atoms with Gasteiger partial charge in [-0.1, -0.05) is 20.3 Å². The number of hydrogen-bond donors (Lipinski definition) is 2. The topological polar surface area (TPSA) is 43.7 Å². The maximum Gasteiger partial charge on any atom is 0.139 e. The van der Waals surface area contributed by atoms with Crippen LogP contribution in [0.15, 0.2) is 18.2 Å². The molecule has 0 amide bonds. The number of anilines is 1. The van der Waals surface area contributed by atoms with Crippen LogP contribution in [0.3, 0.4) is 0 Å². The number of hydrogen-bond acceptors (Lipinski definition) is 3. The van der Waals surface area contributed by atoms with Gasteiger partial charge < -0.3 is 15.1 Å². The third kappa shape index (κ3) is 4.17. The molecule has 1 atom stereocenters. The van der Waals surface area contributed by atoms with Crippen molar-refractivity contribution in [3.05, 3.63) is 18.2 Å². The van der Waals surface area contributed by atoms with Crippen molar-refractivity contribution in [3.63, 3.8) is 0 Å². The highest BCUT2D eigenvalue weighted by Crippen LogP contribution is 2.30. The summed E-state index contributed by atoms with van der Waals surface area (Å²) in [6.07, 6.45) is 3.50. The summed E-state index contributed by atoms with van der Waals surface area (Å²) in [5.74, 6) is 1.15. The fourth-order valence-electron chi connectivity index (χ4n) is 1.82. The van der Waals surface area contributed by atoms with E-state index in [1.54, 1.807) is 6.07 Å². The average molecular weight is 237 g/mol. The standard InChI is InChI=1S/C14H23NO2/c1-4-11(2)6-5-9-15(3)13-10-12(16)7-8-14(13)17/h7-8,10-11,16-17H,4-6,9H2,1-3H3. The van der Waals surface area contributed by atoms with E-state index in [1.165, 1.54) is 25.0 Å². The highest BCUT2D eigenvalue weighted by atomic mass is 16.3. The molecule has 0 aromatic heterocycles. The summed E-state index contributed by atoms with van der Waals surface area (Å²) >= 11 is 0. The van der Waals surface area contributed by atoms with Crippen molar-refractivity contribution >= 4 is 5.69 Å². The minimum Gasteiger partial charge on any atom is -0.508 e. The van der Waals surface area contributed by atoms with Gasteiger partial charge in [0.25, 0.3) is 0 Å². The van der Waals surface area contributed by atoms with Gasteiger partial charge in [0.15, 0.2) is 0 Å². The molecule has 3 nitrogen and oxygen atoms in total. The molecular weight excluding hydrogens is 214 g/mol. The van der Waals surface area contributed by atoms with Crippen LogP contribution in [-0.2, 0) is 0 Å². The van der Waals surface area contributed by atoms with Gasteiger partial charge >= 0.3 is 0 Å². The fraction of sp³-hybridized carbons (Fsp3) is 0.571. The Morgan fingerprint density at radius 2 is 2.00 bits per heavy atom. The van der Waals surface area contributed by atoms with E-state index in [4.69, 9.17) is 0 Å². The zero-order valence-electron chi connectivity index (χ0n) is 11.0. The SMILES string of the molecule is CCC(C)CCCN(C)c1cc(O)ccc1O. The van der Waals surface area contributed by atoms with Crippen molar-refractivity contribution < 1.29 is 10.2 Å². The molecule has 1 aromatic carbocycles. The Hall–Kier alpha value is -1.38. The number of nitrogens with zero attached hydrogens (tertiary/aromatic N) is 1. The third-order valence-corrected chi connectivity index (χ3v) is 3.26. The van der Waals surface area contributed by atoms with E-state index in [0.717, 1.165) is 18.9 Å². The maximum absolute atomic E-state index is 9.71. The molecule has 0 saturated carbocycles. The lowest BCUT2D eigenvalue weighted by Gasteiger charge is -2.21. The van der Waals surface area contributed by atoms with Gasteiger partial charge in [0.1, 0.15) is 11.5 Å². The largest absolute Gasteiger partial charge is 0.508 e. The molecule has 0 aliphatic rings. The quantitative estimate of drug-likeness (QED) is 0.746. The highest BCUT2D eigenvalue weighted by Gasteiger charge is 2.08. The molecule has 0 aliphatic heterocycles. The predicted molar refractivity (Wildman–Crippen MR) is 71.7 cm³/mol. The minimum absolute atomic E-state index is 0.187. The Morgan fingerprint density at radius 1 is 1.29 bits per heavy atom. The molecule has 1 unspecified atom stereocenters. The third-order valence-electron chi connectivity index (χ3n) is 3.26. The van der Waals surface area contributed by atoms with E-state index in [0.29, 0.717) is 5.69 Å². The summed E-state index contributed by atoms with van der Waals surface area (Å²) in [5.41, 5.74) is 0.689. The molecule has 0 saturated heterocycles. The van der Waals surface area contributed by atoms with Crippen LogP contribution in [0.4, 0.5) is 5.69 Å². The number of aromatic hydroxyl groups is 2. The van der Waals surface area contributed by atoms with E-state index in [-0.39, 0.29) is 11.5 Å². The molecule has 0 heterocycles. The summed E-state index contributed by atoms with van der Waals surface area (Å²) in [5, 5.41) is 19.1. The first-order valence-electron chi connectivity index (χ1n) is 6.27. The summed E-state index contributed by atoms with van der Waals surface area (Å²) < 4.78 is 0. The molecule has 1 rings (SSSR count). The van der Waals surface area contributed by atoms with Crippen LogP contribution in [0.1, 0.15) is 33.1 Å². The monoisotopic (exact) mass is 237 g/mol. The van der Waals surface area contributed by atoms with Gasteiger partial charge in [0.05, 0.1) is 5.69 Å². The van der Waals surface area contributed by atoms with Gasteiger partial charge in [-0.3, -0.25) is 0 Å². The van der Waals surface area contributed by atoms with Crippen LogP contribution in [-0.4, -0.2) is 23.8 Å². The summed E-state index contributed by atoms with van der Waals surface area (Å²) in [6, 6.07) is 4.61. The number of benzene rings is 1. The smallest absolute Gasteiger partial charge is 0.139 e. The first kappa shape index (κ1) is 13.7. The first-order valence-corrected chi connectivity index (χ1v) is 6.27. The van der Waals surface area contributed by atoms with Crippen molar-refractivity contribution in [3.8, 4) is 11.5 Å². The van der Waals surface area contributed by atoms with Crippen LogP contribution in [0.25, 0.3) is 0 Å². The van der Waals surface area contributed by atoms with Gasteiger partial charge in [-0.2, -0.15) is 0 Å². The lowest BCUT2D eigenvalue weighted by molar-refractivity contribution is 0.458. The molecule has 96 valence electrons. The Morgan fingerprint density at radius 3 is 2.65 bits per heavy atom. The molecule has 0 fully saturated rings. The van der Waals surface area contributed by atoms with E-state index in [9.17, 15) is 10.2 Å². The Bertz CT molecular complexity index is 352. The maximum atomic E-state index is 9.71. The van der Waals surface area contributed by atoms with Crippen molar-refractivity contribution in [2.75, 3.05) is 18.5 Å². The van der Waals surface area contributed by atoms with Gasteiger partial charge in [-0.15, -0.1) is 0 Å². The summed E-state index contributed by atoms with van der Waals surface area (Å²) in [7, 11) is 1.94. The van der Waals surface area contributed by atoms with Gasteiger partial charge in [0.2, 0.25) is 0 Å². The molecule has 17 heavy (non-hydrogen) atoms. The summed E-state index contributed by atoms with van der Waals surface area (Å²) in [4.78, 5) is 1.98. The average Bonchev–Trinajstić information content (AvgIpc) is 2.31. The van der Waals surface area contributed by atoms with E-state index in [2.05, 4.69) is 13.8 Å². The molecule has 0 radical (unpaired) electrons. The van der Waals surface area contributed by atoms with Crippen LogP contribution in [0.5, 0.6) is 11.5 Å². The van der Waals surface area contributed by atoms with E-state index in [1.807, 2.05) is 11.9 Å². The van der Waals surface area contributed by atoms with Crippen molar-refractivity contribution in [1.82, 2.24) is 0 Å². The molecule has 0 bridgehead atoms. The molecule has 1 aromatic rings. The Labute approximate surface area is 104 Å². The number of phenols is 2. The second kappa shape index (κ2) is 6.38.